The lowest BCUT2D eigenvalue weighted by Crippen LogP contribution is -2.46. The fraction of sp³-hybridized carbons (Fsp3) is 0.667. The maximum absolute atomic E-state index is 14.3. The van der Waals surface area contributed by atoms with Gasteiger partial charge in [-0.2, -0.15) is 5.10 Å². The van der Waals surface area contributed by atoms with Crippen LogP contribution in [0.4, 0.5) is 4.39 Å². The lowest BCUT2D eigenvalue weighted by molar-refractivity contribution is -0.0369. The molecule has 2 atom stereocenters. The smallest absolute Gasteiger partial charge is 0.167 e. The van der Waals surface area contributed by atoms with E-state index in [9.17, 15) is 4.39 Å². The minimum absolute atomic E-state index is 0.0965. The number of hydrogen-bond donors (Lipinski definition) is 0. The van der Waals surface area contributed by atoms with Crippen LogP contribution in [0.15, 0.2) is 12.1 Å². The molecule has 0 N–H and O–H groups in total. The first kappa shape index (κ1) is 20.1. The molecule has 0 amide bonds. The summed E-state index contributed by atoms with van der Waals surface area (Å²) in [5.74, 6) is -0.0787. The molecule has 3 heterocycles. The standard InChI is InChI=1S/C19H26FN3O2.C2H6/c1-13-6-8-22(13)9-7-16-14-11-18(24-2)15(20)12-17(14)23(21-16)19-5-3-4-10-25-19;1-2/h11-13,19H,3-10H2,1-2H3;1-2H3. The topological polar surface area (TPSA) is 39.5 Å². The fourth-order valence-electron chi connectivity index (χ4n) is 3.83. The molecule has 2 aliphatic rings. The first-order valence-corrected chi connectivity index (χ1v) is 10.3. The zero-order chi connectivity index (χ0) is 19.4. The zero-order valence-electron chi connectivity index (χ0n) is 17.0. The molecule has 0 spiro atoms. The van der Waals surface area contributed by atoms with E-state index in [4.69, 9.17) is 14.6 Å². The van der Waals surface area contributed by atoms with Crippen molar-refractivity contribution in [2.45, 2.75) is 65.1 Å². The Balaban J connectivity index is 0.00000102. The van der Waals surface area contributed by atoms with Crippen LogP contribution in [0, 0.1) is 5.82 Å². The van der Waals surface area contributed by atoms with Crippen LogP contribution < -0.4 is 4.74 Å². The SMILES string of the molecule is CC.COc1cc2c(CCN3CCC3C)nn(C3CCCCO3)c2cc1F. The maximum Gasteiger partial charge on any atom is 0.167 e. The molecule has 1 aromatic heterocycles. The molecule has 2 fully saturated rings. The van der Waals surface area contributed by atoms with Crippen LogP contribution in [0.25, 0.3) is 10.9 Å². The third-order valence-electron chi connectivity index (χ3n) is 5.58. The Hall–Kier alpha value is -1.66. The second kappa shape index (κ2) is 9.02. The van der Waals surface area contributed by atoms with Crippen molar-refractivity contribution in [2.75, 3.05) is 26.8 Å². The van der Waals surface area contributed by atoms with Crippen molar-refractivity contribution in [1.82, 2.24) is 14.7 Å². The van der Waals surface area contributed by atoms with E-state index in [0.717, 1.165) is 62.0 Å². The quantitative estimate of drug-likeness (QED) is 0.767. The third-order valence-corrected chi connectivity index (χ3v) is 5.58. The maximum atomic E-state index is 14.3. The van der Waals surface area contributed by atoms with E-state index < -0.39 is 0 Å². The van der Waals surface area contributed by atoms with Gasteiger partial charge in [0.05, 0.1) is 18.3 Å². The molecule has 1 aromatic carbocycles. The summed E-state index contributed by atoms with van der Waals surface area (Å²) in [4.78, 5) is 2.46. The molecule has 4 rings (SSSR count). The molecule has 0 bridgehead atoms. The van der Waals surface area contributed by atoms with Gasteiger partial charge in [0, 0.05) is 37.1 Å². The van der Waals surface area contributed by atoms with Crippen LogP contribution in [0.1, 0.15) is 58.4 Å². The molecule has 2 aromatic rings. The normalized spacial score (nSPS) is 22.9. The predicted molar refractivity (Wildman–Crippen MR) is 106 cm³/mol. The Morgan fingerprint density at radius 1 is 1.26 bits per heavy atom. The number of methoxy groups -OCH3 is 1. The van der Waals surface area contributed by atoms with Crippen LogP contribution in [-0.4, -0.2) is 47.5 Å². The molecule has 27 heavy (non-hydrogen) atoms. The molecule has 0 radical (unpaired) electrons. The van der Waals surface area contributed by atoms with E-state index in [0.29, 0.717) is 6.04 Å². The number of ether oxygens (including phenoxy) is 2. The third kappa shape index (κ3) is 4.11. The van der Waals surface area contributed by atoms with Gasteiger partial charge in [-0.05, 0) is 45.2 Å². The second-order valence-corrected chi connectivity index (χ2v) is 7.14. The molecule has 0 saturated carbocycles. The van der Waals surface area contributed by atoms with E-state index in [1.54, 1.807) is 6.07 Å². The average molecular weight is 378 g/mol. The van der Waals surface area contributed by atoms with E-state index in [1.165, 1.54) is 19.6 Å². The summed E-state index contributed by atoms with van der Waals surface area (Å²) >= 11 is 0. The van der Waals surface area contributed by atoms with E-state index in [2.05, 4.69) is 11.8 Å². The zero-order valence-corrected chi connectivity index (χ0v) is 17.0. The molecule has 2 aliphatic heterocycles. The van der Waals surface area contributed by atoms with Crippen LogP contribution in [0.3, 0.4) is 0 Å². The number of likely N-dealkylation sites (tertiary alicyclic amines) is 1. The van der Waals surface area contributed by atoms with Gasteiger partial charge in [0.25, 0.3) is 0 Å². The van der Waals surface area contributed by atoms with Crippen molar-refractivity contribution in [2.24, 2.45) is 0 Å². The van der Waals surface area contributed by atoms with Gasteiger partial charge in [0.15, 0.2) is 17.8 Å². The summed E-state index contributed by atoms with van der Waals surface area (Å²) in [6, 6.07) is 3.97. The molecular formula is C21H32FN3O2. The summed E-state index contributed by atoms with van der Waals surface area (Å²) in [5.41, 5.74) is 1.80. The Kier molecular flexibility index (Phi) is 6.71. The molecule has 150 valence electrons. The highest BCUT2D eigenvalue weighted by Crippen LogP contribution is 2.32. The lowest BCUT2D eigenvalue weighted by atomic mass is 10.0. The molecule has 5 nitrogen and oxygen atoms in total. The predicted octanol–water partition coefficient (Wildman–Crippen LogP) is 4.55. The summed E-state index contributed by atoms with van der Waals surface area (Å²) in [5, 5.41) is 5.80. The largest absolute Gasteiger partial charge is 0.494 e. The fourth-order valence-corrected chi connectivity index (χ4v) is 3.83. The second-order valence-electron chi connectivity index (χ2n) is 7.14. The van der Waals surface area contributed by atoms with Gasteiger partial charge >= 0.3 is 0 Å². The minimum atomic E-state index is -0.352. The molecule has 2 saturated heterocycles. The average Bonchev–Trinajstić information content (AvgIpc) is 3.05. The van der Waals surface area contributed by atoms with E-state index >= 15 is 0 Å². The Labute approximate surface area is 161 Å². The van der Waals surface area contributed by atoms with E-state index in [-0.39, 0.29) is 17.8 Å². The van der Waals surface area contributed by atoms with Crippen LogP contribution in [-0.2, 0) is 11.2 Å². The summed E-state index contributed by atoms with van der Waals surface area (Å²) < 4.78 is 27.2. The van der Waals surface area contributed by atoms with Gasteiger partial charge < -0.3 is 14.4 Å². The number of rotatable bonds is 5. The van der Waals surface area contributed by atoms with Gasteiger partial charge in [-0.15, -0.1) is 0 Å². The Bertz CT molecular complexity index is 755. The molecule has 2 unspecified atom stereocenters. The summed E-state index contributed by atoms with van der Waals surface area (Å²) in [6.45, 7) is 9.14. The van der Waals surface area contributed by atoms with Gasteiger partial charge in [0.2, 0.25) is 0 Å². The van der Waals surface area contributed by atoms with Gasteiger partial charge in [-0.25, -0.2) is 9.07 Å². The number of hydrogen-bond acceptors (Lipinski definition) is 4. The molecule has 0 aliphatic carbocycles. The number of nitrogens with zero attached hydrogens (tertiary/aromatic N) is 3. The summed E-state index contributed by atoms with van der Waals surface area (Å²) in [7, 11) is 1.50. The van der Waals surface area contributed by atoms with Crippen molar-refractivity contribution < 1.29 is 13.9 Å². The monoisotopic (exact) mass is 377 g/mol. The highest BCUT2D eigenvalue weighted by molar-refractivity contribution is 5.84. The number of aromatic nitrogens is 2. The van der Waals surface area contributed by atoms with Gasteiger partial charge in [0.1, 0.15) is 0 Å². The number of halogens is 1. The highest BCUT2D eigenvalue weighted by Gasteiger charge is 2.25. The van der Waals surface area contributed by atoms with Crippen molar-refractivity contribution in [3.05, 3.63) is 23.6 Å². The Morgan fingerprint density at radius 2 is 2.07 bits per heavy atom. The van der Waals surface area contributed by atoms with Crippen molar-refractivity contribution in [3.63, 3.8) is 0 Å². The van der Waals surface area contributed by atoms with Gasteiger partial charge in [-0.1, -0.05) is 13.8 Å². The van der Waals surface area contributed by atoms with Gasteiger partial charge in [-0.3, -0.25) is 0 Å². The number of benzene rings is 1. The van der Waals surface area contributed by atoms with Crippen LogP contribution >= 0.6 is 0 Å². The minimum Gasteiger partial charge on any atom is -0.494 e. The Morgan fingerprint density at radius 3 is 2.67 bits per heavy atom. The first-order valence-electron chi connectivity index (χ1n) is 10.3. The highest BCUT2D eigenvalue weighted by atomic mass is 19.1. The van der Waals surface area contributed by atoms with Crippen molar-refractivity contribution >= 4 is 10.9 Å². The molecule has 6 heteroatoms. The molecular weight excluding hydrogens is 345 g/mol. The van der Waals surface area contributed by atoms with Crippen LogP contribution in [0.2, 0.25) is 0 Å². The van der Waals surface area contributed by atoms with Crippen molar-refractivity contribution in [3.8, 4) is 5.75 Å². The van der Waals surface area contributed by atoms with Crippen molar-refractivity contribution in [1.29, 1.82) is 0 Å². The van der Waals surface area contributed by atoms with Crippen LogP contribution in [0.5, 0.6) is 5.75 Å². The lowest BCUT2D eigenvalue weighted by Gasteiger charge is -2.38. The summed E-state index contributed by atoms with van der Waals surface area (Å²) in [6.07, 6.45) is 5.15. The first-order chi connectivity index (χ1) is 13.2. The number of fused-ring (bicyclic) bond motifs is 1. The van der Waals surface area contributed by atoms with E-state index in [1.807, 2.05) is 18.5 Å².